The fourth-order valence-corrected chi connectivity index (χ4v) is 4.14. The molecule has 5 heteroatoms. The third-order valence-electron chi connectivity index (χ3n) is 5.74. The molecule has 1 aromatic carbocycles. The summed E-state index contributed by atoms with van der Waals surface area (Å²) in [6, 6.07) is 14.7. The summed E-state index contributed by atoms with van der Waals surface area (Å²) in [6.07, 6.45) is 2.13. The SMILES string of the molecule is Cc1cccc(-c2cccc(C3CCCN(C(=O)CN4CCOCC4)C3)n2)c1. The van der Waals surface area contributed by atoms with Crippen molar-refractivity contribution in [1.82, 2.24) is 14.8 Å². The first-order chi connectivity index (χ1) is 13.7. The number of amides is 1. The van der Waals surface area contributed by atoms with Crippen LogP contribution in [0.2, 0.25) is 0 Å². The number of carbonyl (C=O) groups excluding carboxylic acids is 1. The van der Waals surface area contributed by atoms with E-state index in [9.17, 15) is 4.79 Å². The van der Waals surface area contributed by atoms with Gasteiger partial charge in [0.25, 0.3) is 0 Å². The molecule has 1 unspecified atom stereocenters. The average molecular weight is 380 g/mol. The molecule has 1 amide bonds. The number of carbonyl (C=O) groups is 1. The van der Waals surface area contributed by atoms with Crippen LogP contribution in [0.15, 0.2) is 42.5 Å². The lowest BCUT2D eigenvalue weighted by Crippen LogP contribution is -2.47. The van der Waals surface area contributed by atoms with Gasteiger partial charge in [-0.05, 0) is 38.0 Å². The summed E-state index contributed by atoms with van der Waals surface area (Å²) in [5.41, 5.74) is 4.50. The number of likely N-dealkylation sites (tertiary alicyclic amines) is 1. The van der Waals surface area contributed by atoms with Crippen LogP contribution in [-0.4, -0.2) is 66.6 Å². The molecule has 148 valence electrons. The first kappa shape index (κ1) is 19.1. The summed E-state index contributed by atoms with van der Waals surface area (Å²) < 4.78 is 5.38. The van der Waals surface area contributed by atoms with Crippen molar-refractivity contribution >= 4 is 5.91 Å². The quantitative estimate of drug-likeness (QED) is 0.819. The van der Waals surface area contributed by atoms with E-state index in [0.717, 1.165) is 69.2 Å². The Bertz CT molecular complexity index is 817. The molecule has 2 saturated heterocycles. The molecule has 2 aliphatic heterocycles. The van der Waals surface area contributed by atoms with E-state index in [4.69, 9.17) is 9.72 Å². The molecule has 1 atom stereocenters. The summed E-state index contributed by atoms with van der Waals surface area (Å²) in [6.45, 7) is 7.40. The van der Waals surface area contributed by atoms with E-state index in [1.165, 1.54) is 5.56 Å². The van der Waals surface area contributed by atoms with Crippen LogP contribution in [0.1, 0.15) is 30.0 Å². The first-order valence-corrected chi connectivity index (χ1v) is 10.3. The van der Waals surface area contributed by atoms with Gasteiger partial charge in [-0.15, -0.1) is 0 Å². The van der Waals surface area contributed by atoms with Crippen molar-refractivity contribution in [1.29, 1.82) is 0 Å². The van der Waals surface area contributed by atoms with Gasteiger partial charge in [0.2, 0.25) is 5.91 Å². The molecule has 4 rings (SSSR count). The van der Waals surface area contributed by atoms with E-state index in [1.54, 1.807) is 0 Å². The van der Waals surface area contributed by atoms with Crippen LogP contribution >= 0.6 is 0 Å². The van der Waals surface area contributed by atoms with Crippen LogP contribution in [0.3, 0.4) is 0 Å². The van der Waals surface area contributed by atoms with E-state index in [-0.39, 0.29) is 5.91 Å². The number of rotatable bonds is 4. The number of nitrogens with zero attached hydrogens (tertiary/aromatic N) is 3. The second kappa shape index (κ2) is 8.84. The van der Waals surface area contributed by atoms with Crippen molar-refractivity contribution in [2.24, 2.45) is 0 Å². The number of piperidine rings is 1. The number of morpholine rings is 1. The predicted molar refractivity (Wildman–Crippen MR) is 110 cm³/mol. The minimum atomic E-state index is 0.237. The monoisotopic (exact) mass is 379 g/mol. The summed E-state index contributed by atoms with van der Waals surface area (Å²) in [5.74, 6) is 0.550. The summed E-state index contributed by atoms with van der Waals surface area (Å²) >= 11 is 0. The summed E-state index contributed by atoms with van der Waals surface area (Å²) in [5, 5.41) is 0. The molecule has 0 aliphatic carbocycles. The standard InChI is InChI=1S/C23H29N3O2/c1-18-5-2-6-19(15-18)21-8-3-9-22(24-21)20-7-4-10-26(16-20)23(27)17-25-11-13-28-14-12-25/h2-3,5-6,8-9,15,20H,4,7,10-14,16-17H2,1H3. The van der Waals surface area contributed by atoms with Crippen molar-refractivity contribution in [3.8, 4) is 11.3 Å². The zero-order valence-corrected chi connectivity index (χ0v) is 16.6. The average Bonchev–Trinajstić information content (AvgIpc) is 2.75. The second-order valence-electron chi connectivity index (χ2n) is 7.88. The van der Waals surface area contributed by atoms with Crippen molar-refractivity contribution in [3.63, 3.8) is 0 Å². The van der Waals surface area contributed by atoms with Crippen molar-refractivity contribution < 1.29 is 9.53 Å². The lowest BCUT2D eigenvalue weighted by atomic mass is 9.93. The fraction of sp³-hybridized carbons (Fsp3) is 0.478. The fourth-order valence-electron chi connectivity index (χ4n) is 4.14. The Morgan fingerprint density at radius 3 is 2.79 bits per heavy atom. The Kier molecular flexibility index (Phi) is 6.03. The maximum absolute atomic E-state index is 12.8. The van der Waals surface area contributed by atoms with Crippen molar-refractivity contribution in [2.75, 3.05) is 45.9 Å². The molecule has 2 aliphatic rings. The van der Waals surface area contributed by atoms with Gasteiger partial charge in [-0.3, -0.25) is 14.7 Å². The third kappa shape index (κ3) is 4.59. The third-order valence-corrected chi connectivity index (χ3v) is 5.74. The minimum Gasteiger partial charge on any atom is -0.379 e. The molecule has 3 heterocycles. The Labute approximate surface area is 167 Å². The number of ether oxygens (including phenoxy) is 1. The lowest BCUT2D eigenvalue weighted by Gasteiger charge is -2.35. The number of aryl methyl sites for hydroxylation is 1. The number of aromatic nitrogens is 1. The normalized spacial score (nSPS) is 20.9. The molecular formula is C23H29N3O2. The topological polar surface area (TPSA) is 45.7 Å². The molecule has 28 heavy (non-hydrogen) atoms. The minimum absolute atomic E-state index is 0.237. The van der Waals surface area contributed by atoms with Crippen LogP contribution in [0, 0.1) is 6.92 Å². The molecule has 2 fully saturated rings. The molecule has 5 nitrogen and oxygen atoms in total. The van der Waals surface area contributed by atoms with Gasteiger partial charge in [-0.2, -0.15) is 0 Å². The molecule has 0 saturated carbocycles. The van der Waals surface area contributed by atoms with Crippen molar-refractivity contribution in [3.05, 3.63) is 53.7 Å². The largest absolute Gasteiger partial charge is 0.379 e. The highest BCUT2D eigenvalue weighted by atomic mass is 16.5. The highest BCUT2D eigenvalue weighted by Gasteiger charge is 2.27. The van der Waals surface area contributed by atoms with Crippen LogP contribution in [-0.2, 0) is 9.53 Å². The molecule has 0 radical (unpaired) electrons. The molecular weight excluding hydrogens is 350 g/mol. The van der Waals surface area contributed by atoms with Crippen molar-refractivity contribution in [2.45, 2.75) is 25.7 Å². The van der Waals surface area contributed by atoms with Crippen LogP contribution in [0.4, 0.5) is 0 Å². The van der Waals surface area contributed by atoms with E-state index >= 15 is 0 Å². The maximum Gasteiger partial charge on any atom is 0.236 e. The number of hydrogen-bond donors (Lipinski definition) is 0. The van der Waals surface area contributed by atoms with Crippen LogP contribution in [0.5, 0.6) is 0 Å². The van der Waals surface area contributed by atoms with Crippen LogP contribution < -0.4 is 0 Å². The van der Waals surface area contributed by atoms with Gasteiger partial charge >= 0.3 is 0 Å². The van der Waals surface area contributed by atoms with Gasteiger partial charge in [0.1, 0.15) is 0 Å². The summed E-state index contributed by atoms with van der Waals surface area (Å²) in [4.78, 5) is 22.0. The van der Waals surface area contributed by atoms with E-state index < -0.39 is 0 Å². The highest BCUT2D eigenvalue weighted by molar-refractivity contribution is 5.78. The number of pyridine rings is 1. The zero-order chi connectivity index (χ0) is 19.3. The Morgan fingerprint density at radius 1 is 1.14 bits per heavy atom. The van der Waals surface area contributed by atoms with E-state index in [0.29, 0.717) is 12.5 Å². The molecule has 0 bridgehead atoms. The zero-order valence-electron chi connectivity index (χ0n) is 16.6. The Morgan fingerprint density at radius 2 is 1.96 bits per heavy atom. The first-order valence-electron chi connectivity index (χ1n) is 10.3. The van der Waals surface area contributed by atoms with Gasteiger partial charge in [0.05, 0.1) is 25.5 Å². The van der Waals surface area contributed by atoms with E-state index in [2.05, 4.69) is 54.3 Å². The van der Waals surface area contributed by atoms with Crippen LogP contribution in [0.25, 0.3) is 11.3 Å². The van der Waals surface area contributed by atoms with Gasteiger partial charge in [0.15, 0.2) is 0 Å². The van der Waals surface area contributed by atoms with Gasteiger partial charge in [-0.1, -0.05) is 29.8 Å². The summed E-state index contributed by atoms with van der Waals surface area (Å²) in [7, 11) is 0. The molecule has 0 spiro atoms. The lowest BCUT2D eigenvalue weighted by molar-refractivity contribution is -0.134. The van der Waals surface area contributed by atoms with Gasteiger partial charge in [-0.25, -0.2) is 0 Å². The number of benzene rings is 1. The second-order valence-corrected chi connectivity index (χ2v) is 7.88. The smallest absolute Gasteiger partial charge is 0.236 e. The highest BCUT2D eigenvalue weighted by Crippen LogP contribution is 2.28. The molecule has 2 aromatic rings. The number of hydrogen-bond acceptors (Lipinski definition) is 4. The van der Waals surface area contributed by atoms with Gasteiger partial charge in [0, 0.05) is 43.4 Å². The van der Waals surface area contributed by atoms with Gasteiger partial charge < -0.3 is 9.64 Å². The molecule has 1 aromatic heterocycles. The predicted octanol–water partition coefficient (Wildman–Crippen LogP) is 3.10. The van der Waals surface area contributed by atoms with E-state index in [1.807, 2.05) is 4.90 Å². The Hall–Kier alpha value is -2.24. The maximum atomic E-state index is 12.8. The molecule has 0 N–H and O–H groups in total. The Balaban J connectivity index is 1.44.